The molecule has 0 aliphatic carbocycles. The summed E-state index contributed by atoms with van der Waals surface area (Å²) < 4.78 is 1.17. The monoisotopic (exact) mass is 254 g/mol. The average Bonchev–Trinajstić information content (AvgIpc) is 2.24. The van der Waals surface area contributed by atoms with Gasteiger partial charge in [0, 0.05) is 27.2 Å². The highest BCUT2D eigenvalue weighted by Crippen LogP contribution is 2.52. The van der Waals surface area contributed by atoms with E-state index in [-0.39, 0.29) is 10.8 Å². The van der Waals surface area contributed by atoms with Gasteiger partial charge in [-0.2, -0.15) is 0 Å². The minimum atomic E-state index is 0.0602. The van der Waals surface area contributed by atoms with Gasteiger partial charge in [0.1, 0.15) is 5.84 Å². The minimum Gasteiger partial charge on any atom is -0.241 e. The van der Waals surface area contributed by atoms with Crippen LogP contribution in [0.15, 0.2) is 20.7 Å². The van der Waals surface area contributed by atoms with E-state index in [1.165, 1.54) is 10.2 Å². The van der Waals surface area contributed by atoms with Crippen LogP contribution in [0.2, 0.25) is 0 Å². The summed E-state index contributed by atoms with van der Waals surface area (Å²) >= 11 is 3.53. The van der Waals surface area contributed by atoms with E-state index in [1.807, 2.05) is 6.20 Å². The molecule has 2 rings (SSSR count). The Morgan fingerprint density at radius 2 is 2.00 bits per heavy atom. The van der Waals surface area contributed by atoms with Crippen LogP contribution in [-0.4, -0.2) is 11.5 Å². The van der Waals surface area contributed by atoms with Gasteiger partial charge in [-0.25, -0.2) is 9.98 Å². The van der Waals surface area contributed by atoms with Gasteiger partial charge in [-0.15, -0.1) is 0 Å². The number of nitrogens with zero attached hydrogens (tertiary/aromatic N) is 2. The van der Waals surface area contributed by atoms with Crippen LogP contribution in [-0.2, 0) is 0 Å². The van der Waals surface area contributed by atoms with Crippen LogP contribution in [0.5, 0.6) is 0 Å². The first-order chi connectivity index (χ1) is 6.38. The van der Waals surface area contributed by atoms with Gasteiger partial charge in [-0.3, -0.25) is 0 Å². The summed E-state index contributed by atoms with van der Waals surface area (Å²) in [6, 6.07) is 0. The van der Waals surface area contributed by atoms with Gasteiger partial charge < -0.3 is 0 Å². The molecule has 1 unspecified atom stereocenters. The molecule has 0 aromatic carbocycles. The van der Waals surface area contributed by atoms with Crippen LogP contribution < -0.4 is 0 Å². The largest absolute Gasteiger partial charge is 0.241 e. The highest BCUT2D eigenvalue weighted by molar-refractivity contribution is 9.11. The molecule has 0 radical (unpaired) electrons. The molecule has 2 nitrogen and oxygen atoms in total. The van der Waals surface area contributed by atoms with Gasteiger partial charge in [0.15, 0.2) is 0 Å². The molecule has 1 atom stereocenters. The number of hydrogen-bond acceptors (Lipinski definition) is 2. The molecule has 0 fully saturated rings. The van der Waals surface area contributed by atoms with Gasteiger partial charge in [0.2, 0.25) is 0 Å². The average molecular weight is 255 g/mol. The molecular weight excluding hydrogens is 240 g/mol. The van der Waals surface area contributed by atoms with E-state index in [2.05, 4.69) is 53.6 Å². The predicted octanol–water partition coefficient (Wildman–Crippen LogP) is 3.53. The quantitative estimate of drug-likeness (QED) is 0.632. The maximum atomic E-state index is 4.57. The molecule has 0 spiro atoms. The van der Waals surface area contributed by atoms with Crippen molar-refractivity contribution in [3.05, 3.63) is 10.7 Å². The molecule has 3 heteroatoms. The normalized spacial score (nSPS) is 34.5. The smallest absolute Gasteiger partial charge is 0.135 e. The van der Waals surface area contributed by atoms with Crippen LogP contribution in [0, 0.1) is 10.8 Å². The summed E-state index contributed by atoms with van der Waals surface area (Å²) in [5, 5.41) is 0. The Hall–Kier alpha value is -0.440. The third-order valence-electron chi connectivity index (χ3n) is 3.90. The van der Waals surface area contributed by atoms with Gasteiger partial charge in [-0.05, 0) is 13.3 Å². The molecule has 2 heterocycles. The fourth-order valence-corrected chi connectivity index (χ4v) is 2.75. The number of aliphatic imine (C=N–C) groups is 2. The lowest BCUT2D eigenvalue weighted by Crippen LogP contribution is -2.40. The van der Waals surface area contributed by atoms with E-state index in [1.54, 1.807) is 0 Å². The third kappa shape index (κ3) is 1.08. The Bertz CT molecular complexity index is 377. The Balaban J connectivity index is 2.55. The topological polar surface area (TPSA) is 24.7 Å². The standard InChI is InChI=1S/C11H15BrN2/c1-7-10(2,3)11(4)5-8(12)6-13-9(11)14-7/h6H,5H2,1-4H3. The van der Waals surface area contributed by atoms with Crippen molar-refractivity contribution in [2.75, 3.05) is 0 Å². The van der Waals surface area contributed by atoms with Crippen molar-refractivity contribution in [2.24, 2.45) is 20.8 Å². The first-order valence-corrected chi connectivity index (χ1v) is 5.66. The van der Waals surface area contributed by atoms with Crippen molar-refractivity contribution < 1.29 is 0 Å². The third-order valence-corrected chi connectivity index (χ3v) is 4.39. The molecule has 76 valence electrons. The number of allylic oxidation sites excluding steroid dienone is 1. The van der Waals surface area contributed by atoms with Gasteiger partial charge >= 0.3 is 0 Å². The Kier molecular flexibility index (Phi) is 2.01. The Morgan fingerprint density at radius 1 is 1.36 bits per heavy atom. The number of fused-ring (bicyclic) bond motifs is 1. The van der Waals surface area contributed by atoms with Crippen LogP contribution >= 0.6 is 15.9 Å². The van der Waals surface area contributed by atoms with Crippen LogP contribution in [0.1, 0.15) is 34.1 Å². The maximum absolute atomic E-state index is 4.57. The molecular formula is C11H15BrN2. The van der Waals surface area contributed by atoms with Gasteiger partial charge in [0.05, 0.1) is 0 Å². The summed E-state index contributed by atoms with van der Waals surface area (Å²) in [5.41, 5.74) is 1.36. The summed E-state index contributed by atoms with van der Waals surface area (Å²) in [7, 11) is 0. The Labute approximate surface area is 93.3 Å². The summed E-state index contributed by atoms with van der Waals surface area (Å²) in [6.07, 6.45) is 2.87. The lowest BCUT2D eigenvalue weighted by Gasteiger charge is -2.39. The van der Waals surface area contributed by atoms with Crippen molar-refractivity contribution >= 4 is 27.5 Å². The van der Waals surface area contributed by atoms with Crippen molar-refractivity contribution in [3.63, 3.8) is 0 Å². The van der Waals surface area contributed by atoms with E-state index < -0.39 is 0 Å². The zero-order valence-corrected chi connectivity index (χ0v) is 10.6. The highest BCUT2D eigenvalue weighted by atomic mass is 79.9. The van der Waals surface area contributed by atoms with Crippen molar-refractivity contribution in [1.29, 1.82) is 0 Å². The highest BCUT2D eigenvalue weighted by Gasteiger charge is 2.52. The molecule has 2 aliphatic heterocycles. The van der Waals surface area contributed by atoms with Crippen LogP contribution in [0.25, 0.3) is 0 Å². The molecule has 14 heavy (non-hydrogen) atoms. The fourth-order valence-electron chi connectivity index (χ4n) is 2.09. The van der Waals surface area contributed by atoms with E-state index in [0.29, 0.717) is 0 Å². The zero-order valence-electron chi connectivity index (χ0n) is 9.06. The lowest BCUT2D eigenvalue weighted by atomic mass is 9.63. The van der Waals surface area contributed by atoms with Crippen LogP contribution in [0.3, 0.4) is 0 Å². The number of halogens is 1. The number of hydrogen-bond donors (Lipinski definition) is 0. The maximum Gasteiger partial charge on any atom is 0.135 e. The summed E-state index contributed by atoms with van der Waals surface area (Å²) in [6.45, 7) is 8.85. The van der Waals surface area contributed by atoms with Gasteiger partial charge in [-0.1, -0.05) is 36.7 Å². The summed E-state index contributed by atoms with van der Waals surface area (Å²) in [5.74, 6) is 0.989. The summed E-state index contributed by atoms with van der Waals surface area (Å²) in [4.78, 5) is 8.98. The molecule has 0 bridgehead atoms. The zero-order chi connectivity index (χ0) is 10.6. The molecule has 0 aromatic rings. The SMILES string of the molecule is CC1=NC2=NC=C(Br)CC2(C)C1(C)C. The number of amidine groups is 1. The van der Waals surface area contributed by atoms with Crippen molar-refractivity contribution in [2.45, 2.75) is 34.1 Å². The molecule has 0 amide bonds. The lowest BCUT2D eigenvalue weighted by molar-refractivity contribution is 0.267. The first kappa shape index (κ1) is 10.1. The van der Waals surface area contributed by atoms with Crippen molar-refractivity contribution in [3.8, 4) is 0 Å². The van der Waals surface area contributed by atoms with E-state index in [4.69, 9.17) is 0 Å². The van der Waals surface area contributed by atoms with Crippen LogP contribution in [0.4, 0.5) is 0 Å². The second-order valence-corrected chi connectivity index (χ2v) is 5.88. The molecule has 0 N–H and O–H groups in total. The molecule has 0 saturated carbocycles. The Morgan fingerprint density at radius 3 is 2.64 bits per heavy atom. The van der Waals surface area contributed by atoms with E-state index in [9.17, 15) is 0 Å². The fraction of sp³-hybridized carbons (Fsp3) is 0.636. The predicted molar refractivity (Wildman–Crippen MR) is 64.1 cm³/mol. The van der Waals surface area contributed by atoms with Gasteiger partial charge in [0.25, 0.3) is 0 Å². The first-order valence-electron chi connectivity index (χ1n) is 4.86. The second-order valence-electron chi connectivity index (χ2n) is 4.86. The number of rotatable bonds is 0. The second kappa shape index (κ2) is 2.78. The van der Waals surface area contributed by atoms with E-state index >= 15 is 0 Å². The van der Waals surface area contributed by atoms with Crippen molar-refractivity contribution in [1.82, 2.24) is 0 Å². The molecule has 2 aliphatic rings. The molecule has 0 aromatic heterocycles. The molecule has 0 saturated heterocycles. The van der Waals surface area contributed by atoms with E-state index in [0.717, 1.165) is 12.3 Å². The minimum absolute atomic E-state index is 0.0602.